The second-order valence-electron chi connectivity index (χ2n) is 5.32. The first kappa shape index (κ1) is 15.6. The van der Waals surface area contributed by atoms with E-state index in [2.05, 4.69) is 10.2 Å². The average molecular weight is 293 g/mol. The molecule has 6 nitrogen and oxygen atoms in total. The van der Waals surface area contributed by atoms with E-state index in [0.29, 0.717) is 19.6 Å². The Balaban J connectivity index is 1.83. The van der Waals surface area contributed by atoms with Crippen LogP contribution in [-0.4, -0.2) is 65.4 Å². The summed E-state index contributed by atoms with van der Waals surface area (Å²) >= 11 is 0. The molecule has 6 heteroatoms. The molecule has 0 spiro atoms. The number of aliphatic hydroxyl groups excluding tert-OH is 1. The van der Waals surface area contributed by atoms with Crippen LogP contribution >= 0.6 is 0 Å². The van der Waals surface area contributed by atoms with Gasteiger partial charge in [-0.25, -0.2) is 4.79 Å². The molecule has 1 aromatic rings. The van der Waals surface area contributed by atoms with Crippen molar-refractivity contribution in [3.63, 3.8) is 0 Å². The molecule has 1 heterocycles. The summed E-state index contributed by atoms with van der Waals surface area (Å²) in [5, 5.41) is 21.2. The minimum Gasteiger partial charge on any atom is -0.508 e. The Kier molecular flexibility index (Phi) is 5.41. The van der Waals surface area contributed by atoms with E-state index in [1.807, 2.05) is 6.92 Å². The summed E-state index contributed by atoms with van der Waals surface area (Å²) < 4.78 is 0. The number of amides is 2. The summed E-state index contributed by atoms with van der Waals surface area (Å²) in [4.78, 5) is 16.2. The van der Waals surface area contributed by atoms with E-state index in [-0.39, 0.29) is 24.4 Å². The number of benzene rings is 1. The maximum absolute atomic E-state index is 12.2. The molecule has 0 aliphatic carbocycles. The number of nitrogens with one attached hydrogen (secondary N) is 1. The Bertz CT molecular complexity index is 456. The summed E-state index contributed by atoms with van der Waals surface area (Å²) in [5.74, 6) is 0.220. The number of urea groups is 1. The third-order valence-electron chi connectivity index (χ3n) is 3.81. The SMILES string of the molecule is C[C@@H](NC(=O)N1CCN(CCO)CC1)c1ccc(O)cc1. The number of carbonyl (C=O) groups excluding carboxylic acids is 1. The molecule has 0 unspecified atom stereocenters. The quantitative estimate of drug-likeness (QED) is 0.766. The maximum Gasteiger partial charge on any atom is 0.317 e. The van der Waals surface area contributed by atoms with Gasteiger partial charge in [0.2, 0.25) is 0 Å². The van der Waals surface area contributed by atoms with Crippen LogP contribution in [0.3, 0.4) is 0 Å². The van der Waals surface area contributed by atoms with E-state index >= 15 is 0 Å². The Hall–Kier alpha value is -1.79. The van der Waals surface area contributed by atoms with E-state index in [1.54, 1.807) is 29.2 Å². The molecule has 3 N–H and O–H groups in total. The van der Waals surface area contributed by atoms with Crippen LogP contribution in [0, 0.1) is 0 Å². The van der Waals surface area contributed by atoms with Crippen molar-refractivity contribution in [3.05, 3.63) is 29.8 Å². The fourth-order valence-corrected chi connectivity index (χ4v) is 2.44. The lowest BCUT2D eigenvalue weighted by Crippen LogP contribution is -2.52. The summed E-state index contributed by atoms with van der Waals surface area (Å²) in [6.07, 6.45) is 0. The zero-order valence-electron chi connectivity index (χ0n) is 12.3. The fourth-order valence-electron chi connectivity index (χ4n) is 2.44. The van der Waals surface area contributed by atoms with E-state index < -0.39 is 0 Å². The third kappa shape index (κ3) is 4.34. The number of carbonyl (C=O) groups is 1. The number of hydrogen-bond acceptors (Lipinski definition) is 4. The van der Waals surface area contributed by atoms with E-state index in [9.17, 15) is 9.90 Å². The van der Waals surface area contributed by atoms with Crippen LogP contribution in [0.15, 0.2) is 24.3 Å². The molecule has 1 aliphatic heterocycles. The third-order valence-corrected chi connectivity index (χ3v) is 3.81. The topological polar surface area (TPSA) is 76.0 Å². The number of rotatable bonds is 4. The van der Waals surface area contributed by atoms with Crippen molar-refractivity contribution >= 4 is 6.03 Å². The van der Waals surface area contributed by atoms with Gasteiger partial charge in [0.1, 0.15) is 5.75 Å². The highest BCUT2D eigenvalue weighted by Gasteiger charge is 2.21. The highest BCUT2D eigenvalue weighted by atomic mass is 16.3. The highest BCUT2D eigenvalue weighted by Crippen LogP contribution is 2.16. The van der Waals surface area contributed by atoms with Crippen molar-refractivity contribution in [2.75, 3.05) is 39.3 Å². The first-order chi connectivity index (χ1) is 10.1. The van der Waals surface area contributed by atoms with Gasteiger partial charge in [0.25, 0.3) is 0 Å². The predicted octanol–water partition coefficient (Wildman–Crippen LogP) is 0.773. The average Bonchev–Trinajstić information content (AvgIpc) is 2.49. The van der Waals surface area contributed by atoms with Crippen molar-refractivity contribution in [2.24, 2.45) is 0 Å². The molecule has 2 amide bonds. The zero-order chi connectivity index (χ0) is 15.2. The molecule has 1 atom stereocenters. The van der Waals surface area contributed by atoms with Gasteiger partial charge >= 0.3 is 6.03 Å². The van der Waals surface area contributed by atoms with Gasteiger partial charge in [0.05, 0.1) is 12.6 Å². The van der Waals surface area contributed by atoms with Gasteiger partial charge in [-0.2, -0.15) is 0 Å². The minimum atomic E-state index is -0.103. The van der Waals surface area contributed by atoms with Gasteiger partial charge in [-0.1, -0.05) is 12.1 Å². The number of phenols is 1. The van der Waals surface area contributed by atoms with Crippen molar-refractivity contribution in [2.45, 2.75) is 13.0 Å². The fraction of sp³-hybridized carbons (Fsp3) is 0.533. The molecule has 0 bridgehead atoms. The molecule has 1 fully saturated rings. The van der Waals surface area contributed by atoms with Crippen LogP contribution in [0.4, 0.5) is 4.79 Å². The smallest absolute Gasteiger partial charge is 0.317 e. The van der Waals surface area contributed by atoms with E-state index in [4.69, 9.17) is 5.11 Å². The van der Waals surface area contributed by atoms with Gasteiger partial charge in [-0.3, -0.25) is 4.90 Å². The van der Waals surface area contributed by atoms with Crippen LogP contribution in [0.5, 0.6) is 5.75 Å². The first-order valence-corrected chi connectivity index (χ1v) is 7.27. The monoisotopic (exact) mass is 293 g/mol. The molecule has 0 saturated carbocycles. The Morgan fingerprint density at radius 3 is 2.43 bits per heavy atom. The van der Waals surface area contributed by atoms with Crippen molar-refractivity contribution in [3.8, 4) is 5.75 Å². The molecule has 21 heavy (non-hydrogen) atoms. The van der Waals surface area contributed by atoms with Crippen LogP contribution in [0.2, 0.25) is 0 Å². The highest BCUT2D eigenvalue weighted by molar-refractivity contribution is 5.74. The number of nitrogens with zero attached hydrogens (tertiary/aromatic N) is 2. The standard InChI is InChI=1S/C15H23N3O3/c1-12(13-2-4-14(20)5-3-13)16-15(21)18-8-6-17(7-9-18)10-11-19/h2-5,12,19-20H,6-11H2,1H3,(H,16,21)/t12-/m1/s1. The molecule has 1 aromatic carbocycles. The number of phenolic OH excluding ortho intramolecular Hbond substituents is 1. The second kappa shape index (κ2) is 7.28. The molecule has 0 aromatic heterocycles. The van der Waals surface area contributed by atoms with Gasteiger partial charge in [0.15, 0.2) is 0 Å². The van der Waals surface area contributed by atoms with Crippen LogP contribution in [0.25, 0.3) is 0 Å². The van der Waals surface area contributed by atoms with Crippen LogP contribution in [-0.2, 0) is 0 Å². The van der Waals surface area contributed by atoms with Gasteiger partial charge in [-0.15, -0.1) is 0 Å². The summed E-state index contributed by atoms with van der Waals surface area (Å²) in [6.45, 7) is 5.68. The van der Waals surface area contributed by atoms with Crippen molar-refractivity contribution in [1.29, 1.82) is 0 Å². The van der Waals surface area contributed by atoms with Crippen LogP contribution in [0.1, 0.15) is 18.5 Å². The molecule has 116 valence electrons. The first-order valence-electron chi connectivity index (χ1n) is 7.27. The van der Waals surface area contributed by atoms with Crippen molar-refractivity contribution in [1.82, 2.24) is 15.1 Å². The largest absolute Gasteiger partial charge is 0.508 e. The normalized spacial score (nSPS) is 17.5. The Labute approximate surface area is 125 Å². The molecule has 0 radical (unpaired) electrons. The molecule has 1 aliphatic rings. The molecular formula is C15H23N3O3. The summed E-state index contributed by atoms with van der Waals surface area (Å²) in [7, 11) is 0. The van der Waals surface area contributed by atoms with Gasteiger partial charge < -0.3 is 20.4 Å². The lowest BCUT2D eigenvalue weighted by Gasteiger charge is -2.35. The summed E-state index contributed by atoms with van der Waals surface area (Å²) in [5.41, 5.74) is 0.958. The number of aromatic hydroxyl groups is 1. The number of aliphatic hydroxyl groups is 1. The Morgan fingerprint density at radius 2 is 1.86 bits per heavy atom. The lowest BCUT2D eigenvalue weighted by atomic mass is 10.1. The van der Waals surface area contributed by atoms with Crippen molar-refractivity contribution < 1.29 is 15.0 Å². The van der Waals surface area contributed by atoms with E-state index in [1.165, 1.54) is 0 Å². The number of piperazine rings is 1. The second-order valence-corrected chi connectivity index (χ2v) is 5.32. The number of β-amino-alcohol motifs (C(OH)–C–C–N with tert-alkyl or cyclic N) is 1. The van der Waals surface area contributed by atoms with Gasteiger partial charge in [-0.05, 0) is 24.6 Å². The van der Waals surface area contributed by atoms with E-state index in [0.717, 1.165) is 18.7 Å². The Morgan fingerprint density at radius 1 is 1.24 bits per heavy atom. The van der Waals surface area contributed by atoms with Gasteiger partial charge in [0, 0.05) is 32.7 Å². The minimum absolute atomic E-state index is 0.0702. The molecular weight excluding hydrogens is 270 g/mol. The predicted molar refractivity (Wildman–Crippen MR) is 80.2 cm³/mol. The molecule has 2 rings (SSSR count). The molecule has 1 saturated heterocycles. The maximum atomic E-state index is 12.2. The zero-order valence-corrected chi connectivity index (χ0v) is 12.3. The number of hydrogen-bond donors (Lipinski definition) is 3. The lowest BCUT2D eigenvalue weighted by molar-refractivity contribution is 0.121. The summed E-state index contributed by atoms with van der Waals surface area (Å²) in [6, 6.07) is 6.67. The van der Waals surface area contributed by atoms with Crippen LogP contribution < -0.4 is 5.32 Å².